The van der Waals surface area contributed by atoms with Crippen molar-refractivity contribution in [1.82, 2.24) is 4.90 Å². The number of benzene rings is 2. The minimum absolute atomic E-state index is 0.225. The minimum Gasteiger partial charge on any atom is -0.363 e. The summed E-state index contributed by atoms with van der Waals surface area (Å²) < 4.78 is 0. The van der Waals surface area contributed by atoms with Crippen molar-refractivity contribution in [3.05, 3.63) is 66.2 Å². The highest BCUT2D eigenvalue weighted by Gasteiger charge is 2.31. The lowest BCUT2D eigenvalue weighted by atomic mass is 10.0. The average molecular weight is 308 g/mol. The van der Waals surface area contributed by atoms with Crippen LogP contribution in [0.25, 0.3) is 0 Å². The molecule has 1 saturated heterocycles. The third-order valence-electron chi connectivity index (χ3n) is 4.52. The van der Waals surface area contributed by atoms with Crippen molar-refractivity contribution in [3.8, 4) is 0 Å². The van der Waals surface area contributed by atoms with Crippen molar-refractivity contribution in [2.24, 2.45) is 0 Å². The van der Waals surface area contributed by atoms with Crippen molar-refractivity contribution in [3.63, 3.8) is 0 Å². The highest BCUT2D eigenvalue weighted by molar-refractivity contribution is 5.79. The average Bonchev–Trinajstić information content (AvgIpc) is 2.56. The predicted molar refractivity (Wildman–Crippen MR) is 94.6 cm³/mol. The standard InChI is InChI=1S/C20H24N2O/c1-16-14-21(20(23)13-18-9-5-3-6-10-18)15-17(2)22(16)19-11-7-4-8-12-19/h3-12,16-17H,13-15H2,1-2H3. The van der Waals surface area contributed by atoms with E-state index in [0.29, 0.717) is 18.5 Å². The minimum atomic E-state index is 0.225. The van der Waals surface area contributed by atoms with Crippen LogP contribution in [0.3, 0.4) is 0 Å². The summed E-state index contributed by atoms with van der Waals surface area (Å²) in [6.07, 6.45) is 0.492. The van der Waals surface area contributed by atoms with Crippen molar-refractivity contribution in [2.75, 3.05) is 18.0 Å². The normalized spacial score (nSPS) is 21.3. The maximum atomic E-state index is 12.6. The van der Waals surface area contributed by atoms with Gasteiger partial charge in [0.25, 0.3) is 0 Å². The Morgan fingerprint density at radius 2 is 1.43 bits per heavy atom. The maximum Gasteiger partial charge on any atom is 0.227 e. The van der Waals surface area contributed by atoms with Crippen LogP contribution in [0.2, 0.25) is 0 Å². The number of carbonyl (C=O) groups excluding carboxylic acids is 1. The topological polar surface area (TPSA) is 23.6 Å². The molecular weight excluding hydrogens is 284 g/mol. The van der Waals surface area contributed by atoms with Crippen LogP contribution in [0.5, 0.6) is 0 Å². The Hall–Kier alpha value is -2.29. The smallest absolute Gasteiger partial charge is 0.227 e. The zero-order valence-electron chi connectivity index (χ0n) is 13.9. The summed E-state index contributed by atoms with van der Waals surface area (Å²) in [7, 11) is 0. The van der Waals surface area contributed by atoms with Gasteiger partial charge in [-0.25, -0.2) is 0 Å². The molecule has 2 unspecified atom stereocenters. The first-order valence-corrected chi connectivity index (χ1v) is 8.30. The Kier molecular flexibility index (Phi) is 4.65. The van der Waals surface area contributed by atoms with E-state index < -0.39 is 0 Å². The van der Waals surface area contributed by atoms with Gasteiger partial charge in [-0.2, -0.15) is 0 Å². The lowest BCUT2D eigenvalue weighted by molar-refractivity contribution is -0.131. The zero-order valence-corrected chi connectivity index (χ0v) is 13.9. The lowest BCUT2D eigenvalue weighted by Gasteiger charge is -2.46. The van der Waals surface area contributed by atoms with Gasteiger partial charge in [-0.05, 0) is 31.5 Å². The van der Waals surface area contributed by atoms with E-state index in [1.807, 2.05) is 41.3 Å². The number of anilines is 1. The third-order valence-corrected chi connectivity index (χ3v) is 4.52. The van der Waals surface area contributed by atoms with Crippen LogP contribution in [0.4, 0.5) is 5.69 Å². The molecule has 0 aromatic heterocycles. The van der Waals surface area contributed by atoms with Gasteiger partial charge in [0.1, 0.15) is 0 Å². The molecule has 120 valence electrons. The monoisotopic (exact) mass is 308 g/mol. The molecule has 0 saturated carbocycles. The van der Waals surface area contributed by atoms with E-state index in [1.54, 1.807) is 0 Å². The molecule has 1 fully saturated rings. The quantitative estimate of drug-likeness (QED) is 0.868. The molecular formula is C20H24N2O. The number of rotatable bonds is 3. The highest BCUT2D eigenvalue weighted by Crippen LogP contribution is 2.24. The second kappa shape index (κ2) is 6.86. The van der Waals surface area contributed by atoms with Crippen LogP contribution in [-0.4, -0.2) is 36.0 Å². The molecule has 1 aliphatic heterocycles. The van der Waals surface area contributed by atoms with Gasteiger partial charge in [-0.1, -0.05) is 48.5 Å². The summed E-state index contributed by atoms with van der Waals surface area (Å²) in [6, 6.07) is 21.1. The second-order valence-corrected chi connectivity index (χ2v) is 6.40. The number of hydrogen-bond donors (Lipinski definition) is 0. The fourth-order valence-electron chi connectivity index (χ4n) is 3.52. The number of hydrogen-bond acceptors (Lipinski definition) is 2. The lowest BCUT2D eigenvalue weighted by Crippen LogP contribution is -2.58. The Bertz CT molecular complexity index is 629. The fourth-order valence-corrected chi connectivity index (χ4v) is 3.52. The van der Waals surface area contributed by atoms with Crippen LogP contribution in [0.15, 0.2) is 60.7 Å². The molecule has 0 spiro atoms. The van der Waals surface area contributed by atoms with Gasteiger partial charge in [0.05, 0.1) is 6.42 Å². The van der Waals surface area contributed by atoms with Crippen LogP contribution in [0, 0.1) is 0 Å². The van der Waals surface area contributed by atoms with E-state index >= 15 is 0 Å². The van der Waals surface area contributed by atoms with Crippen LogP contribution >= 0.6 is 0 Å². The molecule has 0 bridgehead atoms. The van der Waals surface area contributed by atoms with E-state index in [4.69, 9.17) is 0 Å². The first-order valence-electron chi connectivity index (χ1n) is 8.30. The number of piperazine rings is 1. The SMILES string of the molecule is CC1CN(C(=O)Cc2ccccc2)CC(C)N1c1ccccc1. The fraction of sp³-hybridized carbons (Fsp3) is 0.350. The molecule has 0 aliphatic carbocycles. The van der Waals surface area contributed by atoms with Crippen LogP contribution in [-0.2, 0) is 11.2 Å². The maximum absolute atomic E-state index is 12.6. The highest BCUT2D eigenvalue weighted by atomic mass is 16.2. The summed E-state index contributed by atoms with van der Waals surface area (Å²) >= 11 is 0. The Morgan fingerprint density at radius 3 is 2.00 bits per heavy atom. The van der Waals surface area contributed by atoms with Crippen molar-refractivity contribution >= 4 is 11.6 Å². The van der Waals surface area contributed by atoms with Crippen molar-refractivity contribution < 1.29 is 4.79 Å². The van der Waals surface area contributed by atoms with Gasteiger partial charge in [0, 0.05) is 30.9 Å². The molecule has 0 N–H and O–H groups in total. The molecule has 3 nitrogen and oxygen atoms in total. The Morgan fingerprint density at radius 1 is 0.913 bits per heavy atom. The molecule has 2 aromatic carbocycles. The second-order valence-electron chi connectivity index (χ2n) is 6.40. The molecule has 1 heterocycles. The number of carbonyl (C=O) groups is 1. The summed E-state index contributed by atoms with van der Waals surface area (Å²) in [4.78, 5) is 17.0. The van der Waals surface area contributed by atoms with Crippen molar-refractivity contribution in [1.29, 1.82) is 0 Å². The van der Waals surface area contributed by atoms with E-state index in [9.17, 15) is 4.79 Å². The van der Waals surface area contributed by atoms with Crippen molar-refractivity contribution in [2.45, 2.75) is 32.4 Å². The number of para-hydroxylation sites is 1. The van der Waals surface area contributed by atoms with Gasteiger partial charge in [-0.15, -0.1) is 0 Å². The van der Waals surface area contributed by atoms with E-state index in [2.05, 4.69) is 43.0 Å². The summed E-state index contributed by atoms with van der Waals surface area (Å²) in [5.74, 6) is 0.225. The summed E-state index contributed by atoms with van der Waals surface area (Å²) in [5, 5.41) is 0. The first-order chi connectivity index (χ1) is 11.1. The van der Waals surface area contributed by atoms with Gasteiger partial charge >= 0.3 is 0 Å². The molecule has 1 amide bonds. The Labute approximate surface area is 138 Å². The van der Waals surface area contributed by atoms with E-state index in [0.717, 1.165) is 18.7 Å². The van der Waals surface area contributed by atoms with Crippen LogP contribution < -0.4 is 4.90 Å². The first kappa shape index (κ1) is 15.6. The van der Waals surface area contributed by atoms with Gasteiger partial charge in [0.15, 0.2) is 0 Å². The molecule has 0 radical (unpaired) electrons. The summed E-state index contributed by atoms with van der Waals surface area (Å²) in [6.45, 7) is 5.96. The zero-order chi connectivity index (χ0) is 16.2. The molecule has 23 heavy (non-hydrogen) atoms. The number of nitrogens with zero attached hydrogens (tertiary/aromatic N) is 2. The third kappa shape index (κ3) is 3.55. The van der Waals surface area contributed by atoms with Gasteiger partial charge in [-0.3, -0.25) is 4.79 Å². The van der Waals surface area contributed by atoms with Gasteiger partial charge < -0.3 is 9.80 Å². The number of amides is 1. The summed E-state index contributed by atoms with van der Waals surface area (Å²) in [5.41, 5.74) is 2.32. The molecule has 2 aromatic rings. The molecule has 3 rings (SSSR count). The van der Waals surface area contributed by atoms with Crippen LogP contribution in [0.1, 0.15) is 19.4 Å². The Balaban J connectivity index is 1.68. The molecule has 1 aliphatic rings. The van der Waals surface area contributed by atoms with E-state index in [1.165, 1.54) is 5.69 Å². The predicted octanol–water partition coefficient (Wildman–Crippen LogP) is 3.35. The van der Waals surface area contributed by atoms with E-state index in [-0.39, 0.29) is 5.91 Å². The van der Waals surface area contributed by atoms with Gasteiger partial charge in [0.2, 0.25) is 5.91 Å². The molecule has 2 atom stereocenters. The largest absolute Gasteiger partial charge is 0.363 e. The molecule has 3 heteroatoms.